The molecule has 2 aromatic heterocycles. The molecule has 3 N–H and O–H groups in total. The quantitative estimate of drug-likeness (QED) is 0.605. The number of aryl methyl sites for hydroxylation is 1. The van der Waals surface area contributed by atoms with Crippen LogP contribution in [0.2, 0.25) is 0 Å². The van der Waals surface area contributed by atoms with Crippen LogP contribution in [0, 0.1) is 11.3 Å². The van der Waals surface area contributed by atoms with Crippen molar-refractivity contribution in [2.75, 3.05) is 5.32 Å². The summed E-state index contributed by atoms with van der Waals surface area (Å²) in [6.07, 6.45) is 5.78. The van der Waals surface area contributed by atoms with Crippen LogP contribution in [0.4, 0.5) is 5.69 Å². The van der Waals surface area contributed by atoms with Gasteiger partial charge in [-0.15, -0.1) is 0 Å². The van der Waals surface area contributed by atoms with Gasteiger partial charge in [-0.3, -0.25) is 9.48 Å². The maximum absolute atomic E-state index is 12.9. The number of sulfonamides is 1. The minimum Gasteiger partial charge on any atom is -0.360 e. The summed E-state index contributed by atoms with van der Waals surface area (Å²) < 4.78 is 30.1. The van der Waals surface area contributed by atoms with Crippen molar-refractivity contribution >= 4 is 21.6 Å². The number of nitrogens with two attached hydrogens (primary N) is 1. The van der Waals surface area contributed by atoms with Crippen molar-refractivity contribution in [2.24, 2.45) is 16.5 Å². The molecule has 0 saturated heterocycles. The third-order valence-electron chi connectivity index (χ3n) is 5.94. The number of aromatic nitrogens is 3. The SMILES string of the molecule is CC(C)(C)C1CCc2onc(C(=O)Nc3cnn(Cc4cccc(S(N)(=O)=O)c4)c3)c2C1. The summed E-state index contributed by atoms with van der Waals surface area (Å²) in [5.74, 6) is 0.915. The summed E-state index contributed by atoms with van der Waals surface area (Å²) in [7, 11) is -3.78. The summed E-state index contributed by atoms with van der Waals surface area (Å²) in [4.78, 5) is 12.9. The highest BCUT2D eigenvalue weighted by Gasteiger charge is 2.34. The molecule has 0 spiro atoms. The van der Waals surface area contributed by atoms with E-state index < -0.39 is 10.0 Å². The van der Waals surface area contributed by atoms with Gasteiger partial charge in [0.25, 0.3) is 5.91 Å². The summed E-state index contributed by atoms with van der Waals surface area (Å²) >= 11 is 0. The third kappa shape index (κ3) is 4.76. The third-order valence-corrected chi connectivity index (χ3v) is 6.85. The first-order valence-electron chi connectivity index (χ1n) is 10.4. The summed E-state index contributed by atoms with van der Waals surface area (Å²) in [5.41, 5.74) is 2.59. The van der Waals surface area contributed by atoms with Gasteiger partial charge in [0, 0.05) is 18.2 Å². The van der Waals surface area contributed by atoms with Gasteiger partial charge in [-0.05, 0) is 41.9 Å². The van der Waals surface area contributed by atoms with E-state index in [0.29, 0.717) is 23.8 Å². The fraction of sp³-hybridized carbons (Fsp3) is 0.409. The van der Waals surface area contributed by atoms with Crippen LogP contribution in [-0.4, -0.2) is 29.3 Å². The molecule has 0 bridgehead atoms. The molecule has 4 rings (SSSR count). The fourth-order valence-corrected chi connectivity index (χ4v) is 4.62. The number of carbonyl (C=O) groups is 1. The van der Waals surface area contributed by atoms with Crippen molar-refractivity contribution in [3.63, 3.8) is 0 Å². The number of anilines is 1. The van der Waals surface area contributed by atoms with E-state index in [9.17, 15) is 13.2 Å². The predicted octanol–water partition coefficient (Wildman–Crippen LogP) is 2.97. The topological polar surface area (TPSA) is 133 Å². The summed E-state index contributed by atoms with van der Waals surface area (Å²) in [6, 6.07) is 6.35. The van der Waals surface area contributed by atoms with Crippen LogP contribution >= 0.6 is 0 Å². The molecule has 32 heavy (non-hydrogen) atoms. The molecule has 1 aliphatic rings. The first-order valence-corrected chi connectivity index (χ1v) is 12.0. The Morgan fingerprint density at radius 3 is 2.84 bits per heavy atom. The minimum absolute atomic E-state index is 0.0417. The molecule has 1 atom stereocenters. The van der Waals surface area contributed by atoms with Gasteiger partial charge in [0.1, 0.15) is 5.76 Å². The number of hydrogen-bond donors (Lipinski definition) is 2. The first-order chi connectivity index (χ1) is 15.0. The van der Waals surface area contributed by atoms with Crippen LogP contribution in [-0.2, 0) is 29.4 Å². The number of primary sulfonamides is 1. The molecular weight excluding hydrogens is 430 g/mol. The van der Waals surface area contributed by atoms with Gasteiger partial charge >= 0.3 is 0 Å². The van der Waals surface area contributed by atoms with Gasteiger partial charge < -0.3 is 9.84 Å². The molecule has 9 nitrogen and oxygen atoms in total. The van der Waals surface area contributed by atoms with Gasteiger partial charge in [0.05, 0.1) is 23.3 Å². The molecular formula is C22H27N5O4S. The number of benzene rings is 1. The van der Waals surface area contributed by atoms with Crippen molar-refractivity contribution in [3.05, 3.63) is 59.2 Å². The lowest BCUT2D eigenvalue weighted by Gasteiger charge is -2.33. The lowest BCUT2D eigenvalue weighted by atomic mass is 9.71. The molecule has 170 valence electrons. The lowest BCUT2D eigenvalue weighted by Crippen LogP contribution is -2.27. The molecule has 3 aromatic rings. The highest BCUT2D eigenvalue weighted by molar-refractivity contribution is 7.89. The molecule has 0 radical (unpaired) electrons. The Morgan fingerprint density at radius 2 is 2.12 bits per heavy atom. The maximum Gasteiger partial charge on any atom is 0.278 e. The zero-order chi connectivity index (χ0) is 23.1. The molecule has 0 saturated carbocycles. The number of hydrogen-bond acceptors (Lipinski definition) is 6. The predicted molar refractivity (Wildman–Crippen MR) is 119 cm³/mol. The molecule has 0 aliphatic heterocycles. The van der Waals surface area contributed by atoms with Crippen molar-refractivity contribution in [1.82, 2.24) is 14.9 Å². The first kappa shape index (κ1) is 22.2. The molecule has 2 heterocycles. The molecule has 1 amide bonds. The van der Waals surface area contributed by atoms with E-state index in [2.05, 4.69) is 36.3 Å². The normalized spacial score (nSPS) is 16.6. The average Bonchev–Trinajstić information content (AvgIpc) is 3.33. The highest BCUT2D eigenvalue weighted by atomic mass is 32.2. The van der Waals surface area contributed by atoms with Crippen LogP contribution in [0.15, 0.2) is 46.1 Å². The second-order valence-electron chi connectivity index (χ2n) is 9.31. The van der Waals surface area contributed by atoms with E-state index in [1.54, 1.807) is 23.0 Å². The Bertz CT molecular complexity index is 1250. The van der Waals surface area contributed by atoms with Gasteiger partial charge in [-0.2, -0.15) is 5.10 Å². The van der Waals surface area contributed by atoms with Crippen molar-refractivity contribution in [1.29, 1.82) is 0 Å². The number of nitrogens with zero attached hydrogens (tertiary/aromatic N) is 3. The number of carbonyl (C=O) groups excluding carboxylic acids is 1. The summed E-state index contributed by atoms with van der Waals surface area (Å²) in [5, 5.41) is 16.3. The Kier molecular flexibility index (Phi) is 5.68. The van der Waals surface area contributed by atoms with Crippen molar-refractivity contribution < 1.29 is 17.7 Å². The minimum atomic E-state index is -3.78. The van der Waals surface area contributed by atoms with Crippen LogP contribution in [0.1, 0.15) is 54.6 Å². The summed E-state index contributed by atoms with van der Waals surface area (Å²) in [6.45, 7) is 6.96. The van der Waals surface area contributed by atoms with Gasteiger partial charge in [0.15, 0.2) is 5.69 Å². The number of fused-ring (bicyclic) bond motifs is 1. The van der Waals surface area contributed by atoms with Crippen molar-refractivity contribution in [3.8, 4) is 0 Å². The molecule has 1 aliphatic carbocycles. The number of rotatable bonds is 5. The van der Waals surface area contributed by atoms with Crippen LogP contribution in [0.25, 0.3) is 0 Å². The zero-order valence-electron chi connectivity index (χ0n) is 18.3. The number of nitrogens with one attached hydrogen (secondary N) is 1. The maximum atomic E-state index is 12.9. The van der Waals surface area contributed by atoms with E-state index in [4.69, 9.17) is 9.66 Å². The molecule has 1 unspecified atom stereocenters. The van der Waals surface area contributed by atoms with Crippen LogP contribution < -0.4 is 10.5 Å². The van der Waals surface area contributed by atoms with E-state index in [1.807, 2.05) is 0 Å². The number of amides is 1. The highest BCUT2D eigenvalue weighted by Crippen LogP contribution is 2.38. The molecule has 1 aromatic carbocycles. The van der Waals surface area contributed by atoms with E-state index in [1.165, 1.54) is 18.3 Å². The average molecular weight is 458 g/mol. The van der Waals surface area contributed by atoms with E-state index in [-0.39, 0.29) is 16.2 Å². The second-order valence-corrected chi connectivity index (χ2v) is 10.9. The van der Waals surface area contributed by atoms with E-state index in [0.717, 1.165) is 36.1 Å². The van der Waals surface area contributed by atoms with Gasteiger partial charge in [0.2, 0.25) is 10.0 Å². The van der Waals surface area contributed by atoms with Gasteiger partial charge in [-0.25, -0.2) is 13.6 Å². The van der Waals surface area contributed by atoms with Crippen LogP contribution in [0.3, 0.4) is 0 Å². The standard InChI is InChI=1S/C22H27N5O4S/c1-22(2,3)15-7-8-19-18(10-15)20(26-31-19)21(28)25-16-11-24-27(13-16)12-14-5-4-6-17(9-14)32(23,29)30/h4-6,9,11,13,15H,7-8,10,12H2,1-3H3,(H,25,28)(H2,23,29,30). The van der Waals surface area contributed by atoms with Crippen molar-refractivity contribution in [2.45, 2.75) is 51.5 Å². The van der Waals surface area contributed by atoms with E-state index >= 15 is 0 Å². The molecule has 10 heteroatoms. The Morgan fingerprint density at radius 1 is 1.34 bits per heavy atom. The Hall–Kier alpha value is -2.98. The monoisotopic (exact) mass is 457 g/mol. The Balaban J connectivity index is 1.46. The smallest absolute Gasteiger partial charge is 0.278 e. The lowest BCUT2D eigenvalue weighted by molar-refractivity contribution is 0.101. The second kappa shape index (κ2) is 8.18. The van der Waals surface area contributed by atoms with Crippen LogP contribution in [0.5, 0.6) is 0 Å². The fourth-order valence-electron chi connectivity index (χ4n) is 4.03. The largest absolute Gasteiger partial charge is 0.360 e. The molecule has 0 fully saturated rings. The Labute approximate surface area is 187 Å². The zero-order valence-corrected chi connectivity index (χ0v) is 19.1. The van der Waals surface area contributed by atoms with Gasteiger partial charge in [-0.1, -0.05) is 38.1 Å².